The van der Waals surface area contributed by atoms with E-state index in [-0.39, 0.29) is 16.5 Å². The van der Waals surface area contributed by atoms with Gasteiger partial charge in [0.15, 0.2) is 6.61 Å². The molecule has 3 rings (SSSR count). The van der Waals surface area contributed by atoms with Crippen LogP contribution in [0.3, 0.4) is 0 Å². The van der Waals surface area contributed by atoms with E-state index in [0.717, 1.165) is 18.8 Å². The molecule has 8 nitrogen and oxygen atoms in total. The standard InChI is InChI=1S/C23H29N3O5S/c1-17(2)25(3)32(29,30)21-8-6-7-18(15-21)23(28)31-16-22(27)24-19-9-11-20(12-10-19)26-13-4-5-14-26/h6-12,15,17H,4-5,13-14,16H2,1-3H3,(H,24,27). The van der Waals surface area contributed by atoms with Crippen molar-refractivity contribution in [2.24, 2.45) is 0 Å². The van der Waals surface area contributed by atoms with E-state index in [2.05, 4.69) is 10.2 Å². The maximum absolute atomic E-state index is 12.6. The van der Waals surface area contributed by atoms with Crippen LogP contribution in [0.15, 0.2) is 53.4 Å². The maximum Gasteiger partial charge on any atom is 0.338 e. The van der Waals surface area contributed by atoms with Gasteiger partial charge in [0.05, 0.1) is 10.5 Å². The van der Waals surface area contributed by atoms with E-state index < -0.39 is 28.5 Å². The average Bonchev–Trinajstić information content (AvgIpc) is 3.32. The number of rotatable bonds is 8. The molecule has 1 amide bonds. The molecule has 0 aromatic heterocycles. The summed E-state index contributed by atoms with van der Waals surface area (Å²) in [7, 11) is -2.25. The van der Waals surface area contributed by atoms with Gasteiger partial charge in [0.1, 0.15) is 0 Å². The average molecular weight is 460 g/mol. The second-order valence-electron chi connectivity index (χ2n) is 8.01. The van der Waals surface area contributed by atoms with Crippen molar-refractivity contribution in [3.8, 4) is 0 Å². The highest BCUT2D eigenvalue weighted by atomic mass is 32.2. The number of amides is 1. The van der Waals surface area contributed by atoms with Crippen LogP contribution in [0.25, 0.3) is 0 Å². The number of sulfonamides is 1. The summed E-state index contributed by atoms with van der Waals surface area (Å²) >= 11 is 0. The Morgan fingerprint density at radius 2 is 1.75 bits per heavy atom. The van der Waals surface area contributed by atoms with Gasteiger partial charge in [0, 0.05) is 37.6 Å². The molecule has 1 aliphatic heterocycles. The van der Waals surface area contributed by atoms with E-state index in [1.807, 2.05) is 24.3 Å². The smallest absolute Gasteiger partial charge is 0.338 e. The van der Waals surface area contributed by atoms with Gasteiger partial charge in [-0.3, -0.25) is 4.79 Å². The zero-order chi connectivity index (χ0) is 23.3. The minimum absolute atomic E-state index is 0.00862. The van der Waals surface area contributed by atoms with Gasteiger partial charge < -0.3 is 15.0 Å². The van der Waals surface area contributed by atoms with Crippen molar-refractivity contribution in [2.75, 3.05) is 37.0 Å². The number of nitrogens with one attached hydrogen (secondary N) is 1. The largest absolute Gasteiger partial charge is 0.452 e. The van der Waals surface area contributed by atoms with Gasteiger partial charge in [-0.25, -0.2) is 13.2 Å². The summed E-state index contributed by atoms with van der Waals surface area (Å²) in [6.07, 6.45) is 2.38. The van der Waals surface area contributed by atoms with Crippen molar-refractivity contribution in [3.63, 3.8) is 0 Å². The van der Waals surface area contributed by atoms with Crippen LogP contribution in [0.2, 0.25) is 0 Å². The van der Waals surface area contributed by atoms with Gasteiger partial charge in [0.25, 0.3) is 5.91 Å². The molecule has 0 radical (unpaired) electrons. The molecule has 0 aliphatic carbocycles. The molecule has 1 aliphatic rings. The molecule has 0 saturated carbocycles. The van der Waals surface area contributed by atoms with Crippen molar-refractivity contribution in [1.82, 2.24) is 4.31 Å². The summed E-state index contributed by atoms with van der Waals surface area (Å²) in [5, 5.41) is 2.69. The Labute approximate surface area is 189 Å². The molecule has 2 aromatic carbocycles. The predicted octanol–water partition coefficient (Wildman–Crippen LogP) is 3.11. The number of hydrogen-bond acceptors (Lipinski definition) is 6. The van der Waals surface area contributed by atoms with Gasteiger partial charge >= 0.3 is 5.97 Å². The number of ether oxygens (including phenoxy) is 1. The Hall–Kier alpha value is -2.91. The fraction of sp³-hybridized carbons (Fsp3) is 0.391. The molecule has 9 heteroatoms. The summed E-state index contributed by atoms with van der Waals surface area (Å²) < 4.78 is 31.6. The highest BCUT2D eigenvalue weighted by Gasteiger charge is 2.24. The first-order chi connectivity index (χ1) is 15.2. The van der Waals surface area contributed by atoms with E-state index in [1.54, 1.807) is 13.8 Å². The van der Waals surface area contributed by atoms with Crippen LogP contribution in [0.1, 0.15) is 37.0 Å². The number of nitrogens with zero attached hydrogens (tertiary/aromatic N) is 2. The third-order valence-electron chi connectivity index (χ3n) is 5.43. The molecule has 1 fully saturated rings. The molecule has 1 heterocycles. The summed E-state index contributed by atoms with van der Waals surface area (Å²) in [5.41, 5.74) is 1.79. The van der Waals surface area contributed by atoms with E-state index in [1.165, 1.54) is 48.5 Å². The predicted molar refractivity (Wildman–Crippen MR) is 123 cm³/mol. The van der Waals surface area contributed by atoms with Crippen molar-refractivity contribution in [1.29, 1.82) is 0 Å². The van der Waals surface area contributed by atoms with Crippen LogP contribution in [0, 0.1) is 0 Å². The first kappa shape index (κ1) is 23.7. The lowest BCUT2D eigenvalue weighted by molar-refractivity contribution is -0.119. The fourth-order valence-electron chi connectivity index (χ4n) is 3.37. The van der Waals surface area contributed by atoms with E-state index in [0.29, 0.717) is 5.69 Å². The van der Waals surface area contributed by atoms with Crippen LogP contribution in [0.5, 0.6) is 0 Å². The van der Waals surface area contributed by atoms with Gasteiger partial charge in [-0.1, -0.05) is 6.07 Å². The molecule has 32 heavy (non-hydrogen) atoms. The van der Waals surface area contributed by atoms with E-state index >= 15 is 0 Å². The zero-order valence-corrected chi connectivity index (χ0v) is 19.4. The number of hydrogen-bond donors (Lipinski definition) is 1. The Balaban J connectivity index is 1.56. The molecule has 0 spiro atoms. The highest BCUT2D eigenvalue weighted by Crippen LogP contribution is 2.22. The second-order valence-corrected chi connectivity index (χ2v) is 10.0. The van der Waals surface area contributed by atoms with Crippen LogP contribution in [0.4, 0.5) is 11.4 Å². The van der Waals surface area contributed by atoms with Crippen molar-refractivity contribution in [3.05, 3.63) is 54.1 Å². The molecule has 0 bridgehead atoms. The number of carbonyl (C=O) groups is 2. The SMILES string of the molecule is CC(C)N(C)S(=O)(=O)c1cccc(C(=O)OCC(=O)Nc2ccc(N3CCCC3)cc2)c1. The Bertz CT molecular complexity index is 1060. The minimum Gasteiger partial charge on any atom is -0.452 e. The fourth-order valence-corrected chi connectivity index (χ4v) is 4.78. The summed E-state index contributed by atoms with van der Waals surface area (Å²) in [6.45, 7) is 5.12. The lowest BCUT2D eigenvalue weighted by Gasteiger charge is -2.21. The zero-order valence-electron chi connectivity index (χ0n) is 18.6. The van der Waals surface area contributed by atoms with Gasteiger partial charge in [0.2, 0.25) is 10.0 Å². The Morgan fingerprint density at radius 1 is 1.09 bits per heavy atom. The molecule has 1 N–H and O–H groups in total. The molecule has 0 atom stereocenters. The Kier molecular flexibility index (Phi) is 7.52. The number of anilines is 2. The number of esters is 1. The first-order valence-corrected chi connectivity index (χ1v) is 12.0. The minimum atomic E-state index is -3.73. The number of benzene rings is 2. The monoisotopic (exact) mass is 459 g/mol. The molecular formula is C23H29N3O5S. The summed E-state index contributed by atoms with van der Waals surface area (Å²) in [4.78, 5) is 26.8. The van der Waals surface area contributed by atoms with Crippen LogP contribution < -0.4 is 10.2 Å². The number of carbonyl (C=O) groups excluding carboxylic acids is 2. The third kappa shape index (κ3) is 5.66. The second kappa shape index (κ2) is 10.1. The normalized spacial score (nSPS) is 14.1. The lowest BCUT2D eigenvalue weighted by Crippen LogP contribution is -2.33. The molecule has 172 valence electrons. The van der Waals surface area contributed by atoms with Crippen molar-refractivity contribution >= 4 is 33.3 Å². The molecule has 2 aromatic rings. The van der Waals surface area contributed by atoms with Crippen LogP contribution in [-0.2, 0) is 19.6 Å². The summed E-state index contributed by atoms with van der Waals surface area (Å²) in [5.74, 6) is -1.25. The maximum atomic E-state index is 12.6. The summed E-state index contributed by atoms with van der Waals surface area (Å²) in [6, 6.07) is 12.9. The molecule has 1 saturated heterocycles. The van der Waals surface area contributed by atoms with E-state index in [4.69, 9.17) is 4.74 Å². The molecular weight excluding hydrogens is 430 g/mol. The topological polar surface area (TPSA) is 96.0 Å². The Morgan fingerprint density at radius 3 is 2.38 bits per heavy atom. The van der Waals surface area contributed by atoms with E-state index in [9.17, 15) is 18.0 Å². The van der Waals surface area contributed by atoms with Gasteiger partial charge in [-0.05, 0) is 69.2 Å². The third-order valence-corrected chi connectivity index (χ3v) is 7.46. The lowest BCUT2D eigenvalue weighted by atomic mass is 10.2. The van der Waals surface area contributed by atoms with Crippen LogP contribution in [-0.4, -0.2) is 57.4 Å². The quantitative estimate of drug-likeness (QED) is 0.610. The highest BCUT2D eigenvalue weighted by molar-refractivity contribution is 7.89. The van der Waals surface area contributed by atoms with Crippen molar-refractivity contribution < 1.29 is 22.7 Å². The molecule has 0 unspecified atom stereocenters. The van der Waals surface area contributed by atoms with Gasteiger partial charge in [-0.15, -0.1) is 0 Å². The van der Waals surface area contributed by atoms with Crippen molar-refractivity contribution in [2.45, 2.75) is 37.6 Å². The first-order valence-electron chi connectivity index (χ1n) is 10.6. The van der Waals surface area contributed by atoms with Crippen LogP contribution >= 0.6 is 0 Å². The van der Waals surface area contributed by atoms with Gasteiger partial charge in [-0.2, -0.15) is 4.31 Å².